The summed E-state index contributed by atoms with van der Waals surface area (Å²) in [6.45, 7) is 15.3. The van der Waals surface area contributed by atoms with Gasteiger partial charge in [-0.2, -0.15) is 0 Å². The molecule has 0 fully saturated rings. The van der Waals surface area contributed by atoms with Crippen LogP contribution in [0.25, 0.3) is 0 Å². The number of hydrogen-bond acceptors (Lipinski definition) is 4. The number of phenols is 2. The quantitative estimate of drug-likeness (QED) is 0.337. The summed E-state index contributed by atoms with van der Waals surface area (Å²) >= 11 is 0. The van der Waals surface area contributed by atoms with E-state index in [4.69, 9.17) is 0 Å². The molecule has 32 heavy (non-hydrogen) atoms. The third-order valence-corrected chi connectivity index (χ3v) is 6.35. The van der Waals surface area contributed by atoms with Crippen molar-refractivity contribution in [3.8, 4) is 11.5 Å². The molecule has 0 bridgehead atoms. The first-order valence-corrected chi connectivity index (χ1v) is 11.8. The molecule has 0 radical (unpaired) electrons. The van der Waals surface area contributed by atoms with Gasteiger partial charge >= 0.3 is 0 Å². The Morgan fingerprint density at radius 3 is 1.38 bits per heavy atom. The Hall–Kier alpha value is -2.24. The van der Waals surface area contributed by atoms with Crippen LogP contribution in [0.2, 0.25) is 0 Å². The van der Waals surface area contributed by atoms with Crippen molar-refractivity contribution in [3.05, 3.63) is 23.3 Å². The highest BCUT2D eigenvalue weighted by Gasteiger charge is 2.30. The molecule has 0 heterocycles. The van der Waals surface area contributed by atoms with Gasteiger partial charge in [0.2, 0.25) is 11.8 Å². The van der Waals surface area contributed by atoms with E-state index in [-0.39, 0.29) is 46.2 Å². The van der Waals surface area contributed by atoms with Crippen molar-refractivity contribution >= 4 is 11.8 Å². The largest absolute Gasteiger partial charge is 0.508 e. The van der Waals surface area contributed by atoms with Crippen LogP contribution in [0.4, 0.5) is 0 Å². The molecule has 0 aliphatic carbocycles. The van der Waals surface area contributed by atoms with Gasteiger partial charge in [-0.15, -0.1) is 0 Å². The average molecular weight is 449 g/mol. The Bertz CT molecular complexity index is 721. The molecule has 182 valence electrons. The van der Waals surface area contributed by atoms with Crippen molar-refractivity contribution in [2.45, 2.75) is 117 Å². The Labute approximate surface area is 194 Å². The van der Waals surface area contributed by atoms with E-state index in [1.807, 2.05) is 13.8 Å². The van der Waals surface area contributed by atoms with Gasteiger partial charge < -0.3 is 20.8 Å². The Balaban J connectivity index is 2.85. The smallest absolute Gasteiger partial charge is 0.217 e. The van der Waals surface area contributed by atoms with E-state index in [0.717, 1.165) is 49.7 Å². The monoisotopic (exact) mass is 448 g/mol. The maximum Gasteiger partial charge on any atom is 0.217 e. The number of benzene rings is 1. The van der Waals surface area contributed by atoms with Crippen molar-refractivity contribution in [2.75, 3.05) is 0 Å². The molecule has 4 N–H and O–H groups in total. The predicted molar refractivity (Wildman–Crippen MR) is 130 cm³/mol. The molecule has 0 saturated heterocycles. The fourth-order valence-corrected chi connectivity index (χ4v) is 4.47. The average Bonchev–Trinajstić information content (AvgIpc) is 2.61. The highest BCUT2D eigenvalue weighted by molar-refractivity contribution is 5.73. The first kappa shape index (κ1) is 27.8. The zero-order chi connectivity index (χ0) is 24.7. The van der Waals surface area contributed by atoms with Gasteiger partial charge in [0.1, 0.15) is 11.5 Å². The van der Waals surface area contributed by atoms with Gasteiger partial charge in [-0.1, -0.05) is 40.5 Å². The third kappa shape index (κ3) is 8.71. The normalized spacial score (nSPS) is 14.0. The summed E-state index contributed by atoms with van der Waals surface area (Å²) in [5.41, 5.74) is 0.851. The van der Waals surface area contributed by atoms with Crippen LogP contribution in [-0.4, -0.2) is 34.1 Å². The minimum absolute atomic E-state index is 0.0258. The molecule has 6 heteroatoms. The number of nitrogens with one attached hydrogen (secondary N) is 2. The van der Waals surface area contributed by atoms with Crippen LogP contribution in [0.5, 0.6) is 11.5 Å². The third-order valence-electron chi connectivity index (χ3n) is 6.35. The zero-order valence-electron chi connectivity index (χ0n) is 21.3. The molecule has 0 aliphatic heterocycles. The van der Waals surface area contributed by atoms with Crippen LogP contribution in [0.1, 0.15) is 105 Å². The number of phenolic OH excluding ortho intramolecular Hbond substituents is 2. The summed E-state index contributed by atoms with van der Waals surface area (Å²) in [4.78, 5) is 22.4. The van der Waals surface area contributed by atoms with E-state index >= 15 is 0 Å². The minimum atomic E-state index is -0.312. The minimum Gasteiger partial charge on any atom is -0.508 e. The van der Waals surface area contributed by atoms with E-state index in [9.17, 15) is 19.8 Å². The topological polar surface area (TPSA) is 98.7 Å². The molecule has 1 rings (SSSR count). The number of aromatic hydroxyl groups is 2. The molecule has 0 aromatic heterocycles. The van der Waals surface area contributed by atoms with Gasteiger partial charge in [-0.25, -0.2) is 0 Å². The SMILES string of the molecule is CC(=O)NC(C)CCCC(C)(C)c1cc(O)c(C(C)(C)CCCC(C)NC(C)=O)cc1O. The fraction of sp³-hybridized carbons (Fsp3) is 0.692. The van der Waals surface area contributed by atoms with Crippen LogP contribution in [0.3, 0.4) is 0 Å². The molecule has 2 unspecified atom stereocenters. The van der Waals surface area contributed by atoms with Crippen LogP contribution in [0.15, 0.2) is 12.1 Å². The highest BCUT2D eigenvalue weighted by atomic mass is 16.3. The second kappa shape index (κ2) is 11.6. The summed E-state index contributed by atoms with van der Waals surface area (Å²) in [5, 5.41) is 27.5. The van der Waals surface area contributed by atoms with Crippen LogP contribution in [-0.2, 0) is 20.4 Å². The van der Waals surface area contributed by atoms with Crippen LogP contribution >= 0.6 is 0 Å². The molecular formula is C26H44N2O4. The van der Waals surface area contributed by atoms with Gasteiger partial charge in [0.25, 0.3) is 0 Å². The number of carbonyl (C=O) groups excluding carboxylic acids is 2. The molecule has 1 aromatic rings. The van der Waals surface area contributed by atoms with Crippen molar-refractivity contribution in [1.82, 2.24) is 10.6 Å². The number of hydrogen-bond donors (Lipinski definition) is 4. The van der Waals surface area contributed by atoms with E-state index in [1.165, 1.54) is 13.8 Å². The Kier molecular flexibility index (Phi) is 10.1. The summed E-state index contributed by atoms with van der Waals surface area (Å²) < 4.78 is 0. The molecule has 0 saturated carbocycles. The van der Waals surface area contributed by atoms with E-state index < -0.39 is 0 Å². The van der Waals surface area contributed by atoms with Crippen molar-refractivity contribution < 1.29 is 19.8 Å². The van der Waals surface area contributed by atoms with E-state index in [0.29, 0.717) is 0 Å². The fourth-order valence-electron chi connectivity index (χ4n) is 4.47. The van der Waals surface area contributed by atoms with Gasteiger partial charge in [-0.05, 0) is 62.5 Å². The van der Waals surface area contributed by atoms with Crippen molar-refractivity contribution in [2.24, 2.45) is 0 Å². The van der Waals surface area contributed by atoms with Crippen molar-refractivity contribution in [1.29, 1.82) is 0 Å². The lowest BCUT2D eigenvalue weighted by atomic mass is 9.75. The van der Waals surface area contributed by atoms with Crippen LogP contribution in [0, 0.1) is 0 Å². The lowest BCUT2D eigenvalue weighted by molar-refractivity contribution is -0.120. The highest BCUT2D eigenvalue weighted by Crippen LogP contribution is 2.43. The second-order valence-corrected chi connectivity index (χ2v) is 10.6. The van der Waals surface area contributed by atoms with Crippen LogP contribution < -0.4 is 10.6 Å². The number of amides is 2. The van der Waals surface area contributed by atoms with Gasteiger partial charge in [0.05, 0.1) is 0 Å². The number of rotatable bonds is 12. The summed E-state index contributed by atoms with van der Waals surface area (Å²) in [7, 11) is 0. The second-order valence-electron chi connectivity index (χ2n) is 10.6. The maximum atomic E-state index is 11.2. The molecule has 0 aliphatic rings. The van der Waals surface area contributed by atoms with E-state index in [1.54, 1.807) is 12.1 Å². The molecule has 2 atom stereocenters. The number of carbonyl (C=O) groups is 2. The lowest BCUT2D eigenvalue weighted by Gasteiger charge is -2.31. The summed E-state index contributed by atoms with van der Waals surface area (Å²) in [6.07, 6.45) is 5.17. The predicted octanol–water partition coefficient (Wildman–Crippen LogP) is 5.04. The first-order chi connectivity index (χ1) is 14.7. The molecule has 6 nitrogen and oxygen atoms in total. The molecule has 2 amide bonds. The molecular weight excluding hydrogens is 404 g/mol. The van der Waals surface area contributed by atoms with Gasteiger partial charge in [0, 0.05) is 37.1 Å². The van der Waals surface area contributed by atoms with Gasteiger partial charge in [0.15, 0.2) is 0 Å². The van der Waals surface area contributed by atoms with Gasteiger partial charge in [-0.3, -0.25) is 9.59 Å². The first-order valence-electron chi connectivity index (χ1n) is 11.8. The maximum absolute atomic E-state index is 11.2. The summed E-state index contributed by atoms with van der Waals surface area (Å²) in [5.74, 6) is 0.360. The Morgan fingerprint density at radius 1 is 0.781 bits per heavy atom. The van der Waals surface area contributed by atoms with E-state index in [2.05, 4.69) is 38.3 Å². The standard InChI is InChI=1S/C26H44N2O4/c1-17(27-19(3)29)11-9-13-25(5,6)21-15-24(32)22(16-23(21)31)26(7,8)14-10-12-18(2)28-20(4)30/h15-18,31-32H,9-14H2,1-8H3,(H,27,29)(H,28,30). The zero-order valence-corrected chi connectivity index (χ0v) is 21.3. The lowest BCUT2D eigenvalue weighted by Crippen LogP contribution is -2.30. The summed E-state index contributed by atoms with van der Waals surface area (Å²) in [6, 6.07) is 3.65. The molecule has 1 aromatic carbocycles. The molecule has 0 spiro atoms. The Morgan fingerprint density at radius 2 is 1.09 bits per heavy atom. The van der Waals surface area contributed by atoms with Crippen molar-refractivity contribution in [3.63, 3.8) is 0 Å².